The van der Waals surface area contributed by atoms with E-state index in [1.54, 1.807) is 51.1 Å². The molecule has 0 unspecified atom stereocenters. The molecule has 9 N–H and O–H groups in total. The molecular weight excluding hydrogens is 1070 g/mol. The molecule has 4 heterocycles. The highest BCUT2D eigenvalue weighted by Gasteiger charge is 2.61. The summed E-state index contributed by atoms with van der Waals surface area (Å²) in [7, 11) is 0. The van der Waals surface area contributed by atoms with Gasteiger partial charge in [-0.1, -0.05) is 63.1 Å². The summed E-state index contributed by atoms with van der Waals surface area (Å²) in [6.45, 7) is 14.9. The molecule has 4 saturated heterocycles. The van der Waals surface area contributed by atoms with Gasteiger partial charge in [0.2, 0.25) is 23.6 Å². The molecule has 24 nitrogen and oxygen atoms in total. The van der Waals surface area contributed by atoms with Gasteiger partial charge in [-0.2, -0.15) is 0 Å². The minimum absolute atomic E-state index is 0.0575. The van der Waals surface area contributed by atoms with Gasteiger partial charge in [0.1, 0.15) is 36.5 Å². The second-order valence-corrected chi connectivity index (χ2v) is 22.5. The molecule has 11 atom stereocenters. The Morgan fingerprint density at radius 1 is 0.892 bits per heavy atom. The van der Waals surface area contributed by atoms with Crippen LogP contribution in [0.15, 0.2) is 60.2 Å². The van der Waals surface area contributed by atoms with Crippen LogP contribution in [0.25, 0.3) is 0 Å². The number of benzene rings is 1. The normalized spacial score (nSPS) is 24.6. The van der Waals surface area contributed by atoms with E-state index < -0.39 is 78.0 Å². The van der Waals surface area contributed by atoms with Crippen LogP contribution in [0.3, 0.4) is 0 Å². The zero-order valence-corrected chi connectivity index (χ0v) is 49.5. The van der Waals surface area contributed by atoms with Crippen molar-refractivity contribution in [1.82, 2.24) is 26.0 Å². The molecule has 0 bridgehead atoms. The van der Waals surface area contributed by atoms with Gasteiger partial charge >= 0.3 is 24.1 Å². The second-order valence-electron chi connectivity index (χ2n) is 22.5. The largest absolute Gasteiger partial charge is 0.459 e. The third-order valence-electron chi connectivity index (χ3n) is 15.1. The minimum Gasteiger partial charge on any atom is -0.459 e. The van der Waals surface area contributed by atoms with Gasteiger partial charge in [0, 0.05) is 58.1 Å². The van der Waals surface area contributed by atoms with Crippen LogP contribution in [0.4, 0.5) is 15.3 Å². The van der Waals surface area contributed by atoms with E-state index in [0.29, 0.717) is 50.8 Å². The number of esters is 2. The zero-order valence-electron chi connectivity index (χ0n) is 49.5. The lowest BCUT2D eigenvalue weighted by Crippen LogP contribution is -2.57. The van der Waals surface area contributed by atoms with Crippen LogP contribution < -0.4 is 38.1 Å². The van der Waals surface area contributed by atoms with Crippen LogP contribution in [0.5, 0.6) is 0 Å². The first-order valence-corrected chi connectivity index (χ1v) is 29.0. The molecular formula is C59H89N9O15. The molecule has 0 aromatic heterocycles. The second kappa shape index (κ2) is 32.2. The first kappa shape index (κ1) is 66.9. The van der Waals surface area contributed by atoms with Gasteiger partial charge in [-0.25, -0.2) is 19.6 Å². The molecule has 24 heteroatoms. The third-order valence-corrected chi connectivity index (χ3v) is 15.1. The average molecular weight is 1160 g/mol. The molecule has 0 radical (unpaired) electrons. The summed E-state index contributed by atoms with van der Waals surface area (Å²) >= 11 is 0. The summed E-state index contributed by atoms with van der Waals surface area (Å²) in [5.41, 5.74) is 17.6. The molecule has 0 aliphatic carbocycles. The highest BCUT2D eigenvalue weighted by Crippen LogP contribution is 2.45. The maximum Gasteiger partial charge on any atom is 0.429 e. The van der Waals surface area contributed by atoms with E-state index >= 15 is 0 Å². The van der Waals surface area contributed by atoms with Gasteiger partial charge in [0.15, 0.2) is 6.10 Å². The number of hydrogen-bond acceptors (Lipinski definition) is 16. The maximum atomic E-state index is 14.5. The smallest absolute Gasteiger partial charge is 0.429 e. The van der Waals surface area contributed by atoms with E-state index in [1.165, 1.54) is 40.9 Å². The van der Waals surface area contributed by atoms with Crippen molar-refractivity contribution < 1.29 is 71.6 Å². The van der Waals surface area contributed by atoms with Crippen LogP contribution in [0, 0.1) is 11.8 Å². The lowest BCUT2D eigenvalue weighted by Gasteiger charge is -2.41. The number of nitrogens with two attached hydrogens (primary N) is 3. The number of rotatable bonds is 28. The maximum absolute atomic E-state index is 14.5. The van der Waals surface area contributed by atoms with Gasteiger partial charge < -0.3 is 61.6 Å². The van der Waals surface area contributed by atoms with Gasteiger partial charge in [-0.3, -0.25) is 38.5 Å². The van der Waals surface area contributed by atoms with Crippen molar-refractivity contribution in [3.05, 3.63) is 65.8 Å². The van der Waals surface area contributed by atoms with E-state index in [2.05, 4.69) is 22.9 Å². The van der Waals surface area contributed by atoms with E-state index in [9.17, 15) is 43.2 Å². The van der Waals surface area contributed by atoms with Crippen molar-refractivity contribution in [1.29, 1.82) is 0 Å². The van der Waals surface area contributed by atoms with Crippen molar-refractivity contribution >= 4 is 59.3 Å². The Hall–Kier alpha value is -6.89. The fraction of sp³-hybridized carbons (Fsp3) is 0.644. The Morgan fingerprint density at radius 2 is 1.59 bits per heavy atom. The minimum atomic E-state index is -1.18. The number of epoxide rings is 1. The summed E-state index contributed by atoms with van der Waals surface area (Å²) in [5.74, 6) is -3.60. The predicted molar refractivity (Wildman–Crippen MR) is 306 cm³/mol. The van der Waals surface area contributed by atoms with Crippen molar-refractivity contribution in [3.63, 3.8) is 0 Å². The number of carbonyl (C=O) groups excluding carboxylic acids is 9. The number of urea groups is 1. The first-order valence-electron chi connectivity index (χ1n) is 29.0. The van der Waals surface area contributed by atoms with Crippen molar-refractivity contribution in [3.8, 4) is 0 Å². The summed E-state index contributed by atoms with van der Waals surface area (Å²) in [6.07, 6.45) is 9.98. The van der Waals surface area contributed by atoms with Gasteiger partial charge in [-0.05, 0) is 114 Å². The van der Waals surface area contributed by atoms with Gasteiger partial charge in [-0.15, -0.1) is 0 Å². The summed E-state index contributed by atoms with van der Waals surface area (Å²) in [6, 6.07) is 3.25. The number of hydrogen-bond donors (Lipinski definition) is 6. The lowest BCUT2D eigenvalue weighted by molar-refractivity contribution is -0.182. The van der Waals surface area contributed by atoms with Gasteiger partial charge in [0.25, 0.3) is 5.91 Å². The number of nitrogens with one attached hydrogen (secondary N) is 3. The van der Waals surface area contributed by atoms with Crippen LogP contribution in [0.1, 0.15) is 138 Å². The number of amides is 8. The topological polar surface area (TPSA) is 336 Å². The highest BCUT2D eigenvalue weighted by molar-refractivity contribution is 6.04. The number of ether oxygens (including phenoxy) is 6. The van der Waals surface area contributed by atoms with Crippen molar-refractivity contribution in [2.24, 2.45) is 29.0 Å². The molecule has 83 heavy (non-hydrogen) atoms. The molecule has 5 rings (SSSR count). The number of allylic oxidation sites excluding steroid dienone is 2. The van der Waals surface area contributed by atoms with Crippen LogP contribution in [0.2, 0.25) is 0 Å². The summed E-state index contributed by atoms with van der Waals surface area (Å²) in [4.78, 5) is 118. The standard InChI is InChI=1S/C59H89N9O15/c1-36(2)53(65-50(71)16-10-9-11-27-60)56(75)68(47(55(61)74)15-14-28-63-57(62)76)44-22-20-43(21-23-44)34-78-58(77)67-30-13-12-29-66(67)52(73)32-45-33-59(35-79-59)54(82-42(8)70)49(83-45)25-18-37(3)17-24-48-38(4)31-46(40(6)81-48)64-51(72)26-19-39(5)80-41(7)69/h17-23,25-26,36,38-40,45-49,53-54H,9-16,24,27-35,60H2,1-8H3,(H2,61,74)(H,64,72)(H,65,71)(H3,62,63,76)/b25-18+,26-19-,37-17+/t38-,39-,40+,45+,46+,47-,48-,49+,53-,54+,59+/m0/s1. The number of hydrazine groups is 1. The van der Waals surface area contributed by atoms with Crippen molar-refractivity contribution in [2.75, 3.05) is 37.7 Å². The van der Waals surface area contributed by atoms with Crippen LogP contribution >= 0.6 is 0 Å². The first-order chi connectivity index (χ1) is 39.4. The van der Waals surface area contributed by atoms with E-state index in [1.807, 2.05) is 26.0 Å². The monoisotopic (exact) mass is 1160 g/mol. The number of primary amides is 2. The molecule has 0 saturated carbocycles. The highest BCUT2D eigenvalue weighted by atomic mass is 16.7. The quantitative estimate of drug-likeness (QED) is 0.0169. The van der Waals surface area contributed by atoms with E-state index in [0.717, 1.165) is 18.4 Å². The molecule has 4 aliphatic rings. The van der Waals surface area contributed by atoms with Crippen LogP contribution in [-0.2, 0) is 68.6 Å². The zero-order chi connectivity index (χ0) is 61.0. The summed E-state index contributed by atoms with van der Waals surface area (Å²) in [5, 5.41) is 11.0. The van der Waals surface area contributed by atoms with Crippen molar-refractivity contribution in [2.45, 2.75) is 199 Å². The molecule has 1 aromatic carbocycles. The predicted octanol–water partition coefficient (Wildman–Crippen LogP) is 4.40. The van der Waals surface area contributed by atoms with Crippen LogP contribution in [-0.4, -0.2) is 157 Å². The molecule has 4 aliphatic heterocycles. The SMILES string of the molecule is CC(=O)O[C@@H]1[C@@H](/C=C/C(C)=C/C[C@@H]2O[C@H](C)[C@H](NC(=O)/C=C\[C@H](C)OC(C)=O)C[C@@H]2C)O[C@H](CC(=O)N2CCCCN2C(=O)OCc2ccc(N(C(=O)[C@@H](NC(=O)CCCCCN)C(C)C)[C@@H](CCCNC(N)=O)C(N)=O)cc2)C[C@@]12CO2. The Bertz CT molecular complexity index is 2500. The third kappa shape index (κ3) is 20.7. The van der Waals surface area contributed by atoms with E-state index in [4.69, 9.17) is 45.6 Å². The fourth-order valence-corrected chi connectivity index (χ4v) is 10.6. The number of nitrogens with zero attached hydrogens (tertiary/aromatic N) is 3. The Morgan fingerprint density at radius 3 is 2.22 bits per heavy atom. The van der Waals surface area contributed by atoms with Gasteiger partial charge in [0.05, 0.1) is 37.4 Å². The lowest BCUT2D eigenvalue weighted by atomic mass is 9.87. The average Bonchev–Trinajstić information content (AvgIpc) is 3.75. The fourth-order valence-electron chi connectivity index (χ4n) is 10.6. The Balaban J connectivity index is 1.22. The molecule has 8 amide bonds. The molecule has 4 fully saturated rings. The number of unbranched alkanes of at least 4 members (excludes halogenated alkanes) is 2. The summed E-state index contributed by atoms with van der Waals surface area (Å²) < 4.78 is 35.5. The molecule has 460 valence electrons. The molecule has 1 aromatic rings. The van der Waals surface area contributed by atoms with E-state index in [-0.39, 0.29) is 112 Å². The Kier molecular flexibility index (Phi) is 26.0. The molecule has 1 spiro atoms. The number of anilines is 1. The Labute approximate surface area is 487 Å². The number of carbonyl (C=O) groups is 9.